The molecule has 0 heterocycles. The van der Waals surface area contributed by atoms with Gasteiger partial charge >= 0.3 is 5.97 Å². The fraction of sp³-hybridized carbons (Fsp3) is 0.357. The number of nitrogen functional groups attached to an aromatic ring is 1. The lowest BCUT2D eigenvalue weighted by Crippen LogP contribution is -2.38. The van der Waals surface area contributed by atoms with Crippen molar-refractivity contribution in [3.05, 3.63) is 28.2 Å². The molecule has 0 atom stereocenters. The van der Waals surface area contributed by atoms with Gasteiger partial charge in [0, 0.05) is 16.7 Å². The lowest BCUT2D eigenvalue weighted by atomic mass is 10.2. The van der Waals surface area contributed by atoms with E-state index in [9.17, 15) is 14.4 Å². The fourth-order valence-corrected chi connectivity index (χ4v) is 1.83. The van der Waals surface area contributed by atoms with Crippen LogP contribution in [0.15, 0.2) is 22.7 Å². The minimum atomic E-state index is -0.704. The molecule has 120 valence electrons. The molecular formula is C14H18BrN3O4. The van der Waals surface area contributed by atoms with Crippen molar-refractivity contribution >= 4 is 39.4 Å². The Bertz CT molecular complexity index is 563. The molecule has 1 rings (SSSR count). The second kappa shape index (κ2) is 9.04. The van der Waals surface area contributed by atoms with Gasteiger partial charge in [0.1, 0.15) is 0 Å². The van der Waals surface area contributed by atoms with Gasteiger partial charge in [-0.3, -0.25) is 9.59 Å². The second-order valence-electron chi connectivity index (χ2n) is 4.43. The smallest absolute Gasteiger partial charge is 0.340 e. The second-order valence-corrected chi connectivity index (χ2v) is 5.35. The van der Waals surface area contributed by atoms with E-state index in [1.54, 1.807) is 12.1 Å². The molecule has 0 aliphatic rings. The zero-order chi connectivity index (χ0) is 16.5. The summed E-state index contributed by atoms with van der Waals surface area (Å²) in [6.45, 7) is 1.83. The van der Waals surface area contributed by atoms with Gasteiger partial charge in [0.15, 0.2) is 6.61 Å². The van der Waals surface area contributed by atoms with E-state index >= 15 is 0 Å². The van der Waals surface area contributed by atoms with Crippen molar-refractivity contribution in [1.82, 2.24) is 10.6 Å². The molecule has 0 spiro atoms. The zero-order valence-electron chi connectivity index (χ0n) is 12.1. The van der Waals surface area contributed by atoms with E-state index in [1.807, 2.05) is 6.92 Å². The van der Waals surface area contributed by atoms with Gasteiger partial charge in [-0.05, 0) is 24.6 Å². The number of halogens is 1. The summed E-state index contributed by atoms with van der Waals surface area (Å²) in [7, 11) is 0. The lowest BCUT2D eigenvalue weighted by Gasteiger charge is -2.08. The van der Waals surface area contributed by atoms with Gasteiger partial charge in [0.25, 0.3) is 5.91 Å². The maximum absolute atomic E-state index is 11.8. The third kappa shape index (κ3) is 6.13. The number of benzene rings is 1. The van der Waals surface area contributed by atoms with E-state index in [1.165, 1.54) is 6.07 Å². The first-order valence-electron chi connectivity index (χ1n) is 6.69. The van der Waals surface area contributed by atoms with Crippen molar-refractivity contribution < 1.29 is 19.1 Å². The third-order valence-corrected chi connectivity index (χ3v) is 3.08. The number of nitrogens with two attached hydrogens (primary N) is 1. The summed E-state index contributed by atoms with van der Waals surface area (Å²) in [5.74, 6) is -1.56. The Kier molecular flexibility index (Phi) is 7.38. The van der Waals surface area contributed by atoms with E-state index in [0.29, 0.717) is 11.0 Å². The molecule has 4 N–H and O–H groups in total. The summed E-state index contributed by atoms with van der Waals surface area (Å²) in [4.78, 5) is 34.6. The summed E-state index contributed by atoms with van der Waals surface area (Å²) >= 11 is 3.22. The first-order valence-corrected chi connectivity index (χ1v) is 7.49. The number of rotatable bonds is 7. The van der Waals surface area contributed by atoms with Gasteiger partial charge in [0.2, 0.25) is 5.91 Å². The fourth-order valence-electron chi connectivity index (χ4n) is 1.47. The Balaban J connectivity index is 2.39. The van der Waals surface area contributed by atoms with Crippen molar-refractivity contribution in [3.63, 3.8) is 0 Å². The molecule has 7 nitrogen and oxygen atoms in total. The molecule has 0 aliphatic heterocycles. The SMILES string of the molecule is CCCNC(=O)CNC(=O)COC(=O)c1cc(Br)ccc1N. The van der Waals surface area contributed by atoms with Crippen molar-refractivity contribution in [2.24, 2.45) is 0 Å². The first kappa shape index (κ1) is 18.0. The van der Waals surface area contributed by atoms with Crippen molar-refractivity contribution in [1.29, 1.82) is 0 Å². The van der Waals surface area contributed by atoms with E-state index < -0.39 is 18.5 Å². The summed E-state index contributed by atoms with van der Waals surface area (Å²) in [5, 5.41) is 4.96. The molecule has 2 amide bonds. The highest BCUT2D eigenvalue weighted by Gasteiger charge is 2.14. The average molecular weight is 372 g/mol. The van der Waals surface area contributed by atoms with Crippen LogP contribution in [0.5, 0.6) is 0 Å². The highest BCUT2D eigenvalue weighted by molar-refractivity contribution is 9.10. The van der Waals surface area contributed by atoms with Crippen LogP contribution in [0.3, 0.4) is 0 Å². The number of hydrogen-bond donors (Lipinski definition) is 3. The monoisotopic (exact) mass is 371 g/mol. The van der Waals surface area contributed by atoms with E-state index in [4.69, 9.17) is 10.5 Å². The molecule has 0 saturated heterocycles. The van der Waals surface area contributed by atoms with Crippen molar-refractivity contribution in [2.45, 2.75) is 13.3 Å². The molecule has 0 aromatic heterocycles. The van der Waals surface area contributed by atoms with Crippen molar-refractivity contribution in [2.75, 3.05) is 25.4 Å². The highest BCUT2D eigenvalue weighted by atomic mass is 79.9. The summed E-state index contributed by atoms with van der Waals surface area (Å²) in [6.07, 6.45) is 0.811. The molecule has 1 aromatic rings. The van der Waals surface area contributed by atoms with Gasteiger partial charge in [-0.25, -0.2) is 4.79 Å². The molecule has 0 saturated carbocycles. The number of amides is 2. The molecule has 0 unspecified atom stereocenters. The predicted octanol–water partition coefficient (Wildman–Crippen LogP) is 0.830. The number of anilines is 1. The summed E-state index contributed by atoms with van der Waals surface area (Å²) in [6, 6.07) is 4.75. The van der Waals surface area contributed by atoms with Crippen molar-refractivity contribution in [3.8, 4) is 0 Å². The van der Waals surface area contributed by atoms with Gasteiger partial charge in [0.05, 0.1) is 12.1 Å². The third-order valence-electron chi connectivity index (χ3n) is 2.59. The number of carbonyl (C=O) groups is 3. The minimum Gasteiger partial charge on any atom is -0.452 e. The number of carbonyl (C=O) groups excluding carboxylic acids is 3. The van der Waals surface area contributed by atoms with Crippen LogP contribution >= 0.6 is 15.9 Å². The van der Waals surface area contributed by atoms with Crippen LogP contribution in [-0.2, 0) is 14.3 Å². The molecule has 22 heavy (non-hydrogen) atoms. The van der Waals surface area contributed by atoms with Gasteiger partial charge in [-0.2, -0.15) is 0 Å². The maximum Gasteiger partial charge on any atom is 0.340 e. The predicted molar refractivity (Wildman–Crippen MR) is 85.1 cm³/mol. The van der Waals surface area contributed by atoms with Crippen LogP contribution in [0.4, 0.5) is 5.69 Å². The summed E-state index contributed by atoms with van der Waals surface area (Å²) in [5.41, 5.74) is 6.09. The highest BCUT2D eigenvalue weighted by Crippen LogP contribution is 2.19. The average Bonchev–Trinajstić information content (AvgIpc) is 2.50. The minimum absolute atomic E-state index is 0.157. The number of hydrogen-bond acceptors (Lipinski definition) is 5. The van der Waals surface area contributed by atoms with Crippen LogP contribution < -0.4 is 16.4 Å². The largest absolute Gasteiger partial charge is 0.452 e. The lowest BCUT2D eigenvalue weighted by molar-refractivity contribution is -0.127. The summed E-state index contributed by atoms with van der Waals surface area (Å²) < 4.78 is 5.53. The van der Waals surface area contributed by atoms with Gasteiger partial charge in [-0.15, -0.1) is 0 Å². The molecule has 1 aromatic carbocycles. The quantitative estimate of drug-likeness (QED) is 0.485. The Morgan fingerprint density at radius 3 is 2.64 bits per heavy atom. The molecule has 0 fully saturated rings. The first-order chi connectivity index (χ1) is 10.4. The van der Waals surface area contributed by atoms with E-state index in [0.717, 1.165) is 6.42 Å². The Hall–Kier alpha value is -2.09. The van der Waals surface area contributed by atoms with Gasteiger partial charge in [-0.1, -0.05) is 22.9 Å². The normalized spacial score (nSPS) is 9.91. The number of esters is 1. The van der Waals surface area contributed by atoms with Crippen LogP contribution in [0.1, 0.15) is 23.7 Å². The Labute approximate surface area is 136 Å². The standard InChI is InChI=1S/C14H18BrN3O4/c1-2-5-17-12(19)7-18-13(20)8-22-14(21)10-6-9(15)3-4-11(10)16/h3-4,6H,2,5,7-8,16H2,1H3,(H,17,19)(H,18,20). The molecular weight excluding hydrogens is 354 g/mol. The number of ether oxygens (including phenoxy) is 1. The van der Waals surface area contributed by atoms with Crippen LogP contribution in [0, 0.1) is 0 Å². The van der Waals surface area contributed by atoms with Crippen LogP contribution in [-0.4, -0.2) is 37.5 Å². The maximum atomic E-state index is 11.8. The topological polar surface area (TPSA) is 111 Å². The Morgan fingerprint density at radius 2 is 1.95 bits per heavy atom. The van der Waals surface area contributed by atoms with Gasteiger partial charge < -0.3 is 21.1 Å². The Morgan fingerprint density at radius 1 is 1.23 bits per heavy atom. The zero-order valence-corrected chi connectivity index (χ0v) is 13.7. The van der Waals surface area contributed by atoms with E-state index in [-0.39, 0.29) is 23.7 Å². The molecule has 8 heteroatoms. The van der Waals surface area contributed by atoms with Crippen LogP contribution in [0.25, 0.3) is 0 Å². The van der Waals surface area contributed by atoms with Crippen LogP contribution in [0.2, 0.25) is 0 Å². The number of nitrogens with one attached hydrogen (secondary N) is 2. The molecule has 0 aliphatic carbocycles. The molecule has 0 radical (unpaired) electrons. The molecule has 0 bridgehead atoms. The van der Waals surface area contributed by atoms with E-state index in [2.05, 4.69) is 26.6 Å².